The first-order chi connectivity index (χ1) is 17.2. The van der Waals surface area contributed by atoms with E-state index in [1.165, 1.54) is 16.4 Å². The van der Waals surface area contributed by atoms with Crippen LogP contribution in [0.15, 0.2) is 71.9 Å². The van der Waals surface area contributed by atoms with E-state index in [4.69, 9.17) is 4.74 Å². The fourth-order valence-electron chi connectivity index (χ4n) is 4.48. The standard InChI is InChI=1S/C27H32FN3O4S/c1-19-15-31(20(2)18-32)36(33,34)27-9-8-22(23-6-4-5-7-24(23)28)14-25(27)35-26(19)17-30(3)16-21-10-12-29-13-11-21/h4-14,19-20,26,32H,15-18H2,1-3H3/t19-,20+,26-/m1/s1. The fraction of sp³-hybridized carbons (Fsp3) is 0.370. The van der Waals surface area contributed by atoms with E-state index in [0.717, 1.165) is 5.56 Å². The molecule has 1 aliphatic rings. The van der Waals surface area contributed by atoms with Crippen LogP contribution in [0.1, 0.15) is 19.4 Å². The number of hydrogen-bond acceptors (Lipinski definition) is 6. The Kier molecular flexibility index (Phi) is 8.04. The summed E-state index contributed by atoms with van der Waals surface area (Å²) in [5.41, 5.74) is 2.00. The van der Waals surface area contributed by atoms with Gasteiger partial charge in [-0.15, -0.1) is 0 Å². The molecule has 36 heavy (non-hydrogen) atoms. The van der Waals surface area contributed by atoms with Crippen molar-refractivity contribution in [1.82, 2.24) is 14.2 Å². The predicted molar refractivity (Wildman–Crippen MR) is 136 cm³/mol. The molecule has 1 aromatic heterocycles. The third-order valence-electron chi connectivity index (χ3n) is 6.55. The topological polar surface area (TPSA) is 83.0 Å². The highest BCUT2D eigenvalue weighted by Gasteiger charge is 2.38. The van der Waals surface area contributed by atoms with E-state index in [1.54, 1.807) is 49.6 Å². The van der Waals surface area contributed by atoms with Gasteiger partial charge in [0.15, 0.2) is 0 Å². The second-order valence-corrected chi connectivity index (χ2v) is 11.3. The summed E-state index contributed by atoms with van der Waals surface area (Å²) in [5, 5.41) is 9.82. The molecule has 0 aliphatic carbocycles. The van der Waals surface area contributed by atoms with Gasteiger partial charge in [-0.05, 0) is 55.4 Å². The summed E-state index contributed by atoms with van der Waals surface area (Å²) in [7, 11) is -1.98. The second-order valence-electron chi connectivity index (χ2n) is 9.43. The fourth-order valence-corrected chi connectivity index (χ4v) is 6.30. The van der Waals surface area contributed by atoms with Crippen LogP contribution in [0.25, 0.3) is 11.1 Å². The average molecular weight is 514 g/mol. The van der Waals surface area contributed by atoms with Gasteiger partial charge in [-0.3, -0.25) is 9.88 Å². The van der Waals surface area contributed by atoms with Crippen molar-refractivity contribution in [3.05, 3.63) is 78.4 Å². The van der Waals surface area contributed by atoms with Crippen LogP contribution in [0.4, 0.5) is 4.39 Å². The molecule has 3 atom stereocenters. The number of aliphatic hydroxyl groups excluding tert-OH is 1. The number of aromatic nitrogens is 1. The Morgan fingerprint density at radius 2 is 1.92 bits per heavy atom. The van der Waals surface area contributed by atoms with Crippen LogP contribution in [-0.4, -0.2) is 66.6 Å². The number of nitrogens with zero attached hydrogens (tertiary/aromatic N) is 3. The molecule has 9 heteroatoms. The van der Waals surface area contributed by atoms with Crippen LogP contribution in [-0.2, 0) is 16.6 Å². The van der Waals surface area contributed by atoms with Crippen molar-refractivity contribution in [1.29, 1.82) is 0 Å². The van der Waals surface area contributed by atoms with Crippen LogP contribution in [0, 0.1) is 11.7 Å². The molecule has 2 heterocycles. The van der Waals surface area contributed by atoms with E-state index in [1.807, 2.05) is 26.1 Å². The number of halogens is 1. The van der Waals surface area contributed by atoms with Gasteiger partial charge >= 0.3 is 0 Å². The second kappa shape index (κ2) is 11.0. The molecule has 0 unspecified atom stereocenters. The lowest BCUT2D eigenvalue weighted by Gasteiger charge is -2.37. The first-order valence-electron chi connectivity index (χ1n) is 12.0. The minimum Gasteiger partial charge on any atom is -0.487 e. The van der Waals surface area contributed by atoms with Gasteiger partial charge in [0.05, 0.1) is 6.61 Å². The summed E-state index contributed by atoms with van der Waals surface area (Å²) >= 11 is 0. The Morgan fingerprint density at radius 3 is 2.61 bits per heavy atom. The van der Waals surface area contributed by atoms with E-state index in [-0.39, 0.29) is 35.8 Å². The van der Waals surface area contributed by atoms with Crippen LogP contribution in [0.2, 0.25) is 0 Å². The van der Waals surface area contributed by atoms with Crippen molar-refractivity contribution < 1.29 is 22.7 Å². The highest BCUT2D eigenvalue weighted by molar-refractivity contribution is 7.89. The summed E-state index contributed by atoms with van der Waals surface area (Å²) in [6.45, 7) is 4.74. The summed E-state index contributed by atoms with van der Waals surface area (Å²) in [6, 6.07) is 14.3. The number of hydrogen-bond donors (Lipinski definition) is 1. The van der Waals surface area contributed by atoms with Crippen LogP contribution < -0.4 is 4.74 Å². The number of aliphatic hydroxyl groups is 1. The number of sulfonamides is 1. The molecular weight excluding hydrogens is 481 g/mol. The maximum atomic E-state index is 14.5. The summed E-state index contributed by atoms with van der Waals surface area (Å²) < 4.78 is 49.6. The molecule has 0 amide bonds. The molecule has 0 spiro atoms. The van der Waals surface area contributed by atoms with Crippen LogP contribution >= 0.6 is 0 Å². The molecule has 4 rings (SSSR count). The van der Waals surface area contributed by atoms with Gasteiger partial charge in [0.25, 0.3) is 0 Å². The zero-order chi connectivity index (χ0) is 25.9. The molecule has 0 bridgehead atoms. The van der Waals surface area contributed by atoms with Gasteiger partial charge in [-0.1, -0.05) is 31.2 Å². The molecule has 192 valence electrons. The SMILES string of the molecule is C[C@@H]1CN([C@@H](C)CO)S(=O)(=O)c2ccc(-c3ccccc3F)cc2O[C@@H]1CN(C)Cc1ccncc1. The summed E-state index contributed by atoms with van der Waals surface area (Å²) in [5.74, 6) is -0.401. The monoisotopic (exact) mass is 513 g/mol. The van der Waals surface area contributed by atoms with Crippen molar-refractivity contribution >= 4 is 10.0 Å². The molecular formula is C27H32FN3O4S. The number of likely N-dealkylation sites (N-methyl/N-ethyl adjacent to an activating group) is 1. The van der Waals surface area contributed by atoms with Crippen molar-refractivity contribution in [2.24, 2.45) is 5.92 Å². The lowest BCUT2D eigenvalue weighted by Crippen LogP contribution is -2.49. The van der Waals surface area contributed by atoms with Crippen molar-refractivity contribution in [3.63, 3.8) is 0 Å². The van der Waals surface area contributed by atoms with Crippen molar-refractivity contribution in [2.75, 3.05) is 26.7 Å². The maximum Gasteiger partial charge on any atom is 0.247 e. The molecule has 0 radical (unpaired) electrons. The minimum absolute atomic E-state index is 0.0107. The van der Waals surface area contributed by atoms with Gasteiger partial charge in [-0.2, -0.15) is 4.31 Å². The molecule has 2 aromatic carbocycles. The van der Waals surface area contributed by atoms with Gasteiger partial charge in [0.2, 0.25) is 10.0 Å². The number of benzene rings is 2. The Hall–Kier alpha value is -2.85. The molecule has 1 N–H and O–H groups in total. The maximum absolute atomic E-state index is 14.5. The van der Waals surface area contributed by atoms with Crippen LogP contribution in [0.5, 0.6) is 5.75 Å². The number of ether oxygens (including phenoxy) is 1. The molecule has 3 aromatic rings. The minimum atomic E-state index is -3.96. The van der Waals surface area contributed by atoms with Crippen LogP contribution in [0.3, 0.4) is 0 Å². The molecule has 0 fully saturated rings. The van der Waals surface area contributed by atoms with E-state index >= 15 is 0 Å². The normalized spacial score (nSPS) is 20.7. The third-order valence-corrected chi connectivity index (χ3v) is 8.56. The largest absolute Gasteiger partial charge is 0.487 e. The highest BCUT2D eigenvalue weighted by atomic mass is 32.2. The Balaban J connectivity index is 1.74. The smallest absolute Gasteiger partial charge is 0.247 e. The van der Waals surface area contributed by atoms with E-state index in [0.29, 0.717) is 24.2 Å². The highest BCUT2D eigenvalue weighted by Crippen LogP contribution is 2.37. The predicted octanol–water partition coefficient (Wildman–Crippen LogP) is 3.79. The van der Waals surface area contributed by atoms with E-state index in [9.17, 15) is 17.9 Å². The first-order valence-corrected chi connectivity index (χ1v) is 13.4. The van der Waals surface area contributed by atoms with Crippen molar-refractivity contribution in [3.8, 4) is 16.9 Å². The van der Waals surface area contributed by atoms with Gasteiger partial charge in [-0.25, -0.2) is 12.8 Å². The lowest BCUT2D eigenvalue weighted by atomic mass is 10.0. The van der Waals surface area contributed by atoms with Gasteiger partial charge < -0.3 is 9.84 Å². The third kappa shape index (κ3) is 5.59. The Bertz CT molecular complexity index is 1290. The van der Waals surface area contributed by atoms with Crippen molar-refractivity contribution in [2.45, 2.75) is 37.4 Å². The molecule has 0 saturated carbocycles. The molecule has 7 nitrogen and oxygen atoms in total. The number of pyridine rings is 1. The van der Waals surface area contributed by atoms with E-state index < -0.39 is 21.9 Å². The van der Waals surface area contributed by atoms with E-state index in [2.05, 4.69) is 9.88 Å². The Labute approximate surface area is 212 Å². The molecule has 0 saturated heterocycles. The van der Waals surface area contributed by atoms with Gasteiger partial charge in [0, 0.05) is 49.6 Å². The average Bonchev–Trinajstić information content (AvgIpc) is 2.86. The molecule has 1 aliphatic heterocycles. The summed E-state index contributed by atoms with van der Waals surface area (Å²) in [6.07, 6.45) is 3.14. The first kappa shape index (κ1) is 26.2. The number of fused-ring (bicyclic) bond motifs is 1. The zero-order valence-corrected chi connectivity index (χ0v) is 21.5. The zero-order valence-electron chi connectivity index (χ0n) is 20.7. The lowest BCUT2D eigenvalue weighted by molar-refractivity contribution is 0.0734. The summed E-state index contributed by atoms with van der Waals surface area (Å²) in [4.78, 5) is 6.19. The quantitative estimate of drug-likeness (QED) is 0.518. The Morgan fingerprint density at radius 1 is 1.19 bits per heavy atom. The number of rotatable bonds is 7. The van der Waals surface area contributed by atoms with Gasteiger partial charge in [0.1, 0.15) is 22.6 Å².